The van der Waals surface area contributed by atoms with E-state index < -0.39 is 0 Å². The van der Waals surface area contributed by atoms with E-state index in [0.29, 0.717) is 5.41 Å². The van der Waals surface area contributed by atoms with Crippen molar-refractivity contribution in [3.8, 4) is 0 Å². The molecule has 0 nitrogen and oxygen atoms in total. The van der Waals surface area contributed by atoms with Crippen molar-refractivity contribution >= 4 is 5.57 Å². The van der Waals surface area contributed by atoms with E-state index in [1.165, 1.54) is 23.1 Å². The minimum Gasteiger partial charge on any atom is -0.0842 e. The fourth-order valence-electron chi connectivity index (χ4n) is 3.84. The first kappa shape index (κ1) is 16.1. The number of benzene rings is 1. The number of hydrogen-bond acceptors (Lipinski definition) is 0. The Morgan fingerprint density at radius 2 is 1.67 bits per heavy atom. The monoisotopic (exact) mass is 282 g/mol. The van der Waals surface area contributed by atoms with Crippen molar-refractivity contribution in [2.45, 2.75) is 60.8 Å². The van der Waals surface area contributed by atoms with Crippen LogP contribution in [0.15, 0.2) is 42.0 Å². The van der Waals surface area contributed by atoms with Gasteiger partial charge in [-0.1, -0.05) is 82.2 Å². The Hall–Kier alpha value is -1.30. The van der Waals surface area contributed by atoms with E-state index in [0.717, 1.165) is 12.8 Å². The number of aryl methyl sites for hydroxylation is 1. The molecular weight excluding hydrogens is 252 g/mol. The third-order valence-corrected chi connectivity index (χ3v) is 5.30. The number of allylic oxidation sites excluding steroid dienone is 4. The van der Waals surface area contributed by atoms with Crippen molar-refractivity contribution in [1.29, 1.82) is 0 Å². The highest BCUT2D eigenvalue weighted by molar-refractivity contribution is 5.75. The summed E-state index contributed by atoms with van der Waals surface area (Å²) >= 11 is 0. The topological polar surface area (TPSA) is 0 Å². The second-order valence-electron chi connectivity index (χ2n) is 7.25. The van der Waals surface area contributed by atoms with E-state index in [4.69, 9.17) is 0 Å². The number of hydrogen-bond donors (Lipinski definition) is 0. The van der Waals surface area contributed by atoms with Gasteiger partial charge in [0.25, 0.3) is 0 Å². The summed E-state index contributed by atoms with van der Waals surface area (Å²) in [5.41, 5.74) is 6.26. The summed E-state index contributed by atoms with van der Waals surface area (Å²) < 4.78 is 0. The molecule has 0 N–H and O–H groups in total. The van der Waals surface area contributed by atoms with Gasteiger partial charge in [-0.3, -0.25) is 0 Å². The first-order valence-electron chi connectivity index (χ1n) is 8.34. The quantitative estimate of drug-likeness (QED) is 0.551. The standard InChI is InChI=1S/C21H30/c1-7-9-19-20(4,5)18(14-15-21(19,6)8-2)17-12-10-16(3)11-13-17/h9-14H,7-8,15H2,1-6H3/b19-9-. The molecule has 2 rings (SSSR count). The van der Waals surface area contributed by atoms with Gasteiger partial charge in [0.05, 0.1) is 0 Å². The zero-order valence-corrected chi connectivity index (χ0v) is 14.6. The van der Waals surface area contributed by atoms with Crippen LogP contribution in [0.1, 0.15) is 65.0 Å². The predicted octanol–water partition coefficient (Wildman–Crippen LogP) is 6.56. The van der Waals surface area contributed by atoms with Crippen LogP contribution in [0.3, 0.4) is 0 Å². The molecule has 114 valence electrons. The summed E-state index contributed by atoms with van der Waals surface area (Å²) in [6.07, 6.45) is 8.45. The van der Waals surface area contributed by atoms with Gasteiger partial charge in [-0.25, -0.2) is 0 Å². The van der Waals surface area contributed by atoms with Crippen molar-refractivity contribution in [2.24, 2.45) is 10.8 Å². The van der Waals surface area contributed by atoms with Gasteiger partial charge in [0.1, 0.15) is 0 Å². The van der Waals surface area contributed by atoms with Crippen LogP contribution in [0.2, 0.25) is 0 Å². The lowest BCUT2D eigenvalue weighted by molar-refractivity contribution is 0.310. The molecule has 0 saturated heterocycles. The van der Waals surface area contributed by atoms with E-state index in [1.54, 1.807) is 5.57 Å². The summed E-state index contributed by atoms with van der Waals surface area (Å²) in [4.78, 5) is 0. The predicted molar refractivity (Wildman–Crippen MR) is 94.3 cm³/mol. The van der Waals surface area contributed by atoms with Gasteiger partial charge in [-0.15, -0.1) is 0 Å². The fourth-order valence-corrected chi connectivity index (χ4v) is 3.84. The molecule has 0 heterocycles. The summed E-state index contributed by atoms with van der Waals surface area (Å²) in [5, 5.41) is 0. The van der Waals surface area contributed by atoms with Gasteiger partial charge in [-0.05, 0) is 42.7 Å². The molecule has 1 unspecified atom stereocenters. The summed E-state index contributed by atoms with van der Waals surface area (Å²) in [7, 11) is 0. The minimum atomic E-state index is 0.119. The van der Waals surface area contributed by atoms with Crippen LogP contribution in [0.5, 0.6) is 0 Å². The highest BCUT2D eigenvalue weighted by Crippen LogP contribution is 2.55. The summed E-state index contributed by atoms with van der Waals surface area (Å²) in [5.74, 6) is 0. The molecule has 1 aromatic carbocycles. The van der Waals surface area contributed by atoms with Gasteiger partial charge in [0, 0.05) is 5.41 Å². The van der Waals surface area contributed by atoms with Gasteiger partial charge in [0.2, 0.25) is 0 Å². The minimum absolute atomic E-state index is 0.119. The third kappa shape index (κ3) is 2.86. The molecule has 0 saturated carbocycles. The van der Waals surface area contributed by atoms with E-state index in [1.807, 2.05) is 0 Å². The third-order valence-electron chi connectivity index (χ3n) is 5.30. The zero-order chi connectivity index (χ0) is 15.7. The smallest absolute Gasteiger partial charge is 0.0113 e. The molecule has 0 spiro atoms. The van der Waals surface area contributed by atoms with Gasteiger partial charge < -0.3 is 0 Å². The first-order chi connectivity index (χ1) is 9.85. The second-order valence-corrected chi connectivity index (χ2v) is 7.25. The Bertz CT molecular complexity index is 554. The average Bonchev–Trinajstić information content (AvgIpc) is 2.45. The Morgan fingerprint density at radius 3 is 2.19 bits per heavy atom. The van der Waals surface area contributed by atoms with E-state index >= 15 is 0 Å². The molecule has 0 aromatic heterocycles. The molecule has 0 amide bonds. The molecule has 21 heavy (non-hydrogen) atoms. The molecule has 1 aliphatic carbocycles. The van der Waals surface area contributed by atoms with Crippen LogP contribution >= 0.6 is 0 Å². The molecular formula is C21H30. The van der Waals surface area contributed by atoms with Crippen molar-refractivity contribution in [3.63, 3.8) is 0 Å². The highest BCUT2D eigenvalue weighted by atomic mass is 14.5. The average molecular weight is 282 g/mol. The van der Waals surface area contributed by atoms with Gasteiger partial charge in [-0.2, -0.15) is 0 Å². The summed E-state index contributed by atoms with van der Waals surface area (Å²) in [6, 6.07) is 9.01. The van der Waals surface area contributed by atoms with Crippen LogP contribution in [0, 0.1) is 17.8 Å². The Morgan fingerprint density at radius 1 is 1.05 bits per heavy atom. The lowest BCUT2D eigenvalue weighted by atomic mass is 9.58. The Labute approximate surface area is 131 Å². The van der Waals surface area contributed by atoms with Crippen LogP contribution in [-0.4, -0.2) is 0 Å². The Balaban J connectivity index is 2.54. The lowest BCUT2D eigenvalue weighted by Crippen LogP contribution is -2.33. The van der Waals surface area contributed by atoms with Crippen molar-refractivity contribution in [1.82, 2.24) is 0 Å². The largest absolute Gasteiger partial charge is 0.0842 e. The molecule has 1 aromatic rings. The molecule has 0 aliphatic heterocycles. The Kier molecular flexibility index (Phi) is 4.46. The van der Waals surface area contributed by atoms with Crippen molar-refractivity contribution < 1.29 is 0 Å². The molecule has 0 radical (unpaired) electrons. The van der Waals surface area contributed by atoms with Gasteiger partial charge >= 0.3 is 0 Å². The molecule has 1 atom stereocenters. The van der Waals surface area contributed by atoms with E-state index in [-0.39, 0.29) is 5.41 Å². The van der Waals surface area contributed by atoms with Crippen LogP contribution in [-0.2, 0) is 0 Å². The van der Waals surface area contributed by atoms with Crippen LogP contribution < -0.4 is 0 Å². The highest BCUT2D eigenvalue weighted by Gasteiger charge is 2.41. The summed E-state index contributed by atoms with van der Waals surface area (Å²) in [6.45, 7) is 14.0. The normalized spacial score (nSPS) is 26.8. The van der Waals surface area contributed by atoms with Crippen molar-refractivity contribution in [3.05, 3.63) is 53.1 Å². The van der Waals surface area contributed by atoms with Crippen molar-refractivity contribution in [2.75, 3.05) is 0 Å². The van der Waals surface area contributed by atoms with E-state index in [2.05, 4.69) is 78.0 Å². The van der Waals surface area contributed by atoms with Gasteiger partial charge in [0.15, 0.2) is 0 Å². The molecule has 1 aliphatic rings. The second kappa shape index (κ2) is 5.83. The van der Waals surface area contributed by atoms with Crippen LogP contribution in [0.4, 0.5) is 0 Å². The maximum Gasteiger partial charge on any atom is 0.0113 e. The lowest BCUT2D eigenvalue weighted by Gasteiger charge is -2.46. The molecule has 0 heteroatoms. The SMILES string of the molecule is CC/C=C1\C(C)(CC)CC=C(c2ccc(C)cc2)C1(C)C. The maximum absolute atomic E-state index is 2.49. The zero-order valence-electron chi connectivity index (χ0n) is 14.6. The molecule has 0 bridgehead atoms. The maximum atomic E-state index is 2.49. The number of rotatable bonds is 3. The first-order valence-corrected chi connectivity index (χ1v) is 8.34. The van der Waals surface area contributed by atoms with E-state index in [9.17, 15) is 0 Å². The van der Waals surface area contributed by atoms with Crippen LogP contribution in [0.25, 0.3) is 5.57 Å². The fraction of sp³-hybridized carbons (Fsp3) is 0.524. The molecule has 0 fully saturated rings.